The SMILES string of the molecule is Cc1ccc(Nc2nc(NCCN(C)C)nc3c2cnn3-c2ccccc2)cc1. The lowest BCUT2D eigenvalue weighted by atomic mass is 10.2. The van der Waals surface area contributed by atoms with Crippen molar-refractivity contribution in [2.75, 3.05) is 37.8 Å². The molecule has 0 aliphatic carbocycles. The third-order valence-corrected chi connectivity index (χ3v) is 4.59. The molecule has 0 saturated carbocycles. The maximum atomic E-state index is 4.74. The summed E-state index contributed by atoms with van der Waals surface area (Å²) in [5.41, 5.74) is 3.91. The van der Waals surface area contributed by atoms with Crippen LogP contribution in [0.1, 0.15) is 5.56 Å². The number of nitrogens with one attached hydrogen (secondary N) is 2. The highest BCUT2D eigenvalue weighted by atomic mass is 15.3. The highest BCUT2D eigenvalue weighted by Crippen LogP contribution is 2.27. The summed E-state index contributed by atoms with van der Waals surface area (Å²) in [5, 5.41) is 12.2. The predicted octanol–water partition coefficient (Wildman–Crippen LogP) is 3.84. The summed E-state index contributed by atoms with van der Waals surface area (Å²) >= 11 is 0. The van der Waals surface area contributed by atoms with Crippen LogP contribution in [0.4, 0.5) is 17.5 Å². The van der Waals surface area contributed by atoms with Crippen LogP contribution >= 0.6 is 0 Å². The van der Waals surface area contributed by atoms with Gasteiger partial charge >= 0.3 is 0 Å². The van der Waals surface area contributed by atoms with Gasteiger partial charge in [0.15, 0.2) is 5.65 Å². The Balaban J connectivity index is 1.75. The molecule has 2 aromatic carbocycles. The van der Waals surface area contributed by atoms with E-state index in [1.165, 1.54) is 5.56 Å². The van der Waals surface area contributed by atoms with Crippen molar-refractivity contribution in [3.63, 3.8) is 0 Å². The number of nitrogens with zero attached hydrogens (tertiary/aromatic N) is 5. The van der Waals surface area contributed by atoms with Crippen molar-refractivity contribution in [3.05, 3.63) is 66.4 Å². The number of likely N-dealkylation sites (N-methyl/N-ethyl adjacent to an activating group) is 1. The normalized spacial score (nSPS) is 11.2. The Morgan fingerprint density at radius 2 is 1.72 bits per heavy atom. The van der Waals surface area contributed by atoms with Gasteiger partial charge in [0.25, 0.3) is 0 Å². The van der Waals surface area contributed by atoms with Crippen LogP contribution in [0.5, 0.6) is 0 Å². The maximum absolute atomic E-state index is 4.74. The molecule has 0 spiro atoms. The van der Waals surface area contributed by atoms with E-state index in [1.54, 1.807) is 0 Å². The van der Waals surface area contributed by atoms with Crippen LogP contribution in [0.2, 0.25) is 0 Å². The first-order valence-corrected chi connectivity index (χ1v) is 9.63. The highest BCUT2D eigenvalue weighted by molar-refractivity contribution is 5.90. The summed E-state index contributed by atoms with van der Waals surface area (Å²) in [4.78, 5) is 11.6. The number of hydrogen-bond acceptors (Lipinski definition) is 6. The molecule has 29 heavy (non-hydrogen) atoms. The van der Waals surface area contributed by atoms with Crippen LogP contribution in [0, 0.1) is 6.92 Å². The van der Waals surface area contributed by atoms with Gasteiger partial charge in [-0.05, 0) is 45.3 Å². The van der Waals surface area contributed by atoms with Crippen LogP contribution in [0.3, 0.4) is 0 Å². The minimum atomic E-state index is 0.576. The van der Waals surface area contributed by atoms with Crippen molar-refractivity contribution >= 4 is 28.5 Å². The Morgan fingerprint density at radius 3 is 2.45 bits per heavy atom. The summed E-state index contributed by atoms with van der Waals surface area (Å²) in [5.74, 6) is 1.31. The van der Waals surface area contributed by atoms with Gasteiger partial charge in [-0.2, -0.15) is 15.1 Å². The average Bonchev–Trinajstić information content (AvgIpc) is 3.14. The van der Waals surface area contributed by atoms with Crippen LogP contribution in [0.25, 0.3) is 16.7 Å². The van der Waals surface area contributed by atoms with Crippen molar-refractivity contribution < 1.29 is 0 Å². The number of rotatable bonds is 7. The molecule has 7 nitrogen and oxygen atoms in total. The Hall–Kier alpha value is -3.45. The topological polar surface area (TPSA) is 70.9 Å². The second-order valence-electron chi connectivity index (χ2n) is 7.25. The van der Waals surface area contributed by atoms with E-state index in [-0.39, 0.29) is 0 Å². The summed E-state index contributed by atoms with van der Waals surface area (Å²) < 4.78 is 1.84. The largest absolute Gasteiger partial charge is 0.353 e. The zero-order valence-corrected chi connectivity index (χ0v) is 16.9. The lowest BCUT2D eigenvalue weighted by Gasteiger charge is -2.13. The molecule has 2 heterocycles. The van der Waals surface area contributed by atoms with Crippen molar-refractivity contribution in [1.82, 2.24) is 24.6 Å². The fourth-order valence-corrected chi connectivity index (χ4v) is 3.01. The second-order valence-corrected chi connectivity index (χ2v) is 7.25. The molecule has 0 unspecified atom stereocenters. The van der Waals surface area contributed by atoms with Crippen LogP contribution < -0.4 is 10.6 Å². The van der Waals surface area contributed by atoms with E-state index >= 15 is 0 Å². The Morgan fingerprint density at radius 1 is 0.966 bits per heavy atom. The van der Waals surface area contributed by atoms with Gasteiger partial charge in [0.05, 0.1) is 17.3 Å². The van der Waals surface area contributed by atoms with E-state index in [0.29, 0.717) is 5.95 Å². The molecular weight excluding hydrogens is 362 g/mol. The first-order valence-electron chi connectivity index (χ1n) is 9.63. The molecule has 0 radical (unpaired) electrons. The Kier molecular flexibility index (Phi) is 5.39. The summed E-state index contributed by atoms with van der Waals surface area (Å²) in [6.07, 6.45) is 1.81. The Bertz CT molecular complexity index is 1090. The number of fused-ring (bicyclic) bond motifs is 1. The van der Waals surface area contributed by atoms with Crippen molar-refractivity contribution in [2.24, 2.45) is 0 Å². The molecule has 2 aromatic heterocycles. The van der Waals surface area contributed by atoms with Gasteiger partial charge in [0.2, 0.25) is 5.95 Å². The summed E-state index contributed by atoms with van der Waals surface area (Å²) in [7, 11) is 4.08. The smallest absolute Gasteiger partial charge is 0.226 e. The van der Waals surface area contributed by atoms with Gasteiger partial charge in [0.1, 0.15) is 5.82 Å². The first kappa shape index (κ1) is 18.9. The lowest BCUT2D eigenvalue weighted by molar-refractivity contribution is 0.425. The van der Waals surface area contributed by atoms with E-state index in [1.807, 2.05) is 67.4 Å². The minimum absolute atomic E-state index is 0.576. The fourth-order valence-electron chi connectivity index (χ4n) is 3.01. The van der Waals surface area contributed by atoms with Gasteiger partial charge < -0.3 is 15.5 Å². The molecule has 0 saturated heterocycles. The highest BCUT2D eigenvalue weighted by Gasteiger charge is 2.14. The van der Waals surface area contributed by atoms with Gasteiger partial charge in [-0.15, -0.1) is 0 Å². The van der Waals surface area contributed by atoms with Gasteiger partial charge in [-0.3, -0.25) is 0 Å². The zero-order valence-electron chi connectivity index (χ0n) is 16.9. The molecule has 4 aromatic rings. The van der Waals surface area contributed by atoms with Gasteiger partial charge in [-0.25, -0.2) is 4.68 Å². The third-order valence-electron chi connectivity index (χ3n) is 4.59. The molecular formula is C22H25N7. The molecule has 2 N–H and O–H groups in total. The van der Waals surface area contributed by atoms with Gasteiger partial charge in [0, 0.05) is 18.8 Å². The zero-order chi connectivity index (χ0) is 20.2. The molecule has 0 bridgehead atoms. The third kappa shape index (κ3) is 4.35. The molecule has 7 heteroatoms. The number of hydrogen-bond donors (Lipinski definition) is 2. The van der Waals surface area contributed by atoms with Crippen molar-refractivity contribution in [1.29, 1.82) is 0 Å². The number of anilines is 3. The maximum Gasteiger partial charge on any atom is 0.226 e. The quantitative estimate of drug-likeness (QED) is 0.502. The van der Waals surface area contributed by atoms with Crippen LogP contribution in [0.15, 0.2) is 60.8 Å². The number of aryl methyl sites for hydroxylation is 1. The standard InChI is InChI=1S/C22H25N7/c1-16-9-11-17(12-10-16)25-20-19-15-24-29(18-7-5-4-6-8-18)21(19)27-22(26-20)23-13-14-28(2)3/h4-12,15H,13-14H2,1-3H3,(H2,23,25,26,27). The van der Waals surface area contributed by atoms with E-state index in [2.05, 4.69) is 39.7 Å². The molecule has 148 valence electrons. The molecule has 0 fully saturated rings. The van der Waals surface area contributed by atoms with E-state index in [4.69, 9.17) is 9.97 Å². The number of aromatic nitrogens is 4. The average molecular weight is 387 g/mol. The van der Waals surface area contributed by atoms with Crippen molar-refractivity contribution in [3.8, 4) is 5.69 Å². The molecule has 0 amide bonds. The second kappa shape index (κ2) is 8.28. The molecule has 0 aliphatic rings. The van der Waals surface area contributed by atoms with E-state index in [9.17, 15) is 0 Å². The molecule has 4 rings (SSSR count). The number of benzene rings is 2. The fraction of sp³-hybridized carbons (Fsp3) is 0.227. The molecule has 0 aliphatic heterocycles. The van der Waals surface area contributed by atoms with Crippen molar-refractivity contribution in [2.45, 2.75) is 6.92 Å². The van der Waals surface area contributed by atoms with E-state index in [0.717, 1.165) is 41.3 Å². The van der Waals surface area contributed by atoms with Crippen LogP contribution in [-0.2, 0) is 0 Å². The molecule has 0 atom stereocenters. The van der Waals surface area contributed by atoms with Crippen LogP contribution in [-0.4, -0.2) is 51.8 Å². The summed E-state index contributed by atoms with van der Waals surface area (Å²) in [6.45, 7) is 3.71. The lowest BCUT2D eigenvalue weighted by Crippen LogP contribution is -2.21. The first-order chi connectivity index (χ1) is 14.1. The van der Waals surface area contributed by atoms with Gasteiger partial charge in [-0.1, -0.05) is 35.9 Å². The number of para-hydroxylation sites is 1. The summed E-state index contributed by atoms with van der Waals surface area (Å²) in [6, 6.07) is 18.2. The minimum Gasteiger partial charge on any atom is -0.353 e. The van der Waals surface area contributed by atoms with E-state index < -0.39 is 0 Å². The monoisotopic (exact) mass is 387 g/mol. The Labute approximate surface area is 170 Å². The predicted molar refractivity (Wildman–Crippen MR) is 118 cm³/mol.